The number of aliphatic carboxylic acids is 1. The van der Waals surface area contributed by atoms with Crippen molar-refractivity contribution in [1.29, 1.82) is 0 Å². The smallest absolute Gasteiger partial charge is 0.306 e. The minimum absolute atomic E-state index is 0.238. The number of aliphatic hydroxyl groups excluding tert-OH is 1. The summed E-state index contributed by atoms with van der Waals surface area (Å²) in [6.07, 6.45) is 15.9. The second-order valence-electron chi connectivity index (χ2n) is 9.68. The molecule has 2 atom stereocenters. The molecule has 0 saturated carbocycles. The monoisotopic (exact) mass is 441 g/mol. The van der Waals surface area contributed by atoms with E-state index in [1.54, 1.807) is 0 Å². The van der Waals surface area contributed by atoms with Crippen molar-refractivity contribution in [2.75, 3.05) is 27.7 Å². The average Bonchev–Trinajstić information content (AvgIpc) is 2.64. The fraction of sp³-hybridized carbons (Fsp3) is 0.840. The van der Waals surface area contributed by atoms with Crippen LogP contribution in [0.1, 0.15) is 96.8 Å². The van der Waals surface area contributed by atoms with Crippen LogP contribution in [0.4, 0.5) is 0 Å². The number of carboxylic acids is 1. The van der Waals surface area contributed by atoms with Crippen LogP contribution in [0.5, 0.6) is 0 Å². The standard InChI is InChI=1S/C25H47NO5/c1-5-6-7-8-11-14-17-22(27)18-15-12-9-10-13-16-19-25(30)31-23(20-24(28)29)21-26(2,3)4/h11,14,22-23,27H,5-10,12-13,15-21H2,1-4H3/b14-11+. The molecular weight excluding hydrogens is 394 g/mol. The molecule has 6 nitrogen and oxygen atoms in total. The van der Waals surface area contributed by atoms with Crippen LogP contribution in [-0.4, -0.2) is 61.4 Å². The molecule has 0 fully saturated rings. The zero-order valence-corrected chi connectivity index (χ0v) is 20.4. The first kappa shape index (κ1) is 29.6. The number of esters is 1. The Bertz CT molecular complexity index is 499. The van der Waals surface area contributed by atoms with E-state index in [0.717, 1.165) is 57.8 Å². The van der Waals surface area contributed by atoms with Gasteiger partial charge >= 0.3 is 5.97 Å². The quantitative estimate of drug-likeness (QED) is 0.135. The Morgan fingerprint density at radius 1 is 0.968 bits per heavy atom. The van der Waals surface area contributed by atoms with Crippen molar-refractivity contribution in [3.8, 4) is 0 Å². The second-order valence-corrected chi connectivity index (χ2v) is 9.68. The number of quaternary nitrogens is 1. The third kappa shape index (κ3) is 21.6. The third-order valence-corrected chi connectivity index (χ3v) is 5.16. The van der Waals surface area contributed by atoms with E-state index in [1.807, 2.05) is 21.1 Å². The van der Waals surface area contributed by atoms with Crippen LogP contribution in [0.15, 0.2) is 12.2 Å². The van der Waals surface area contributed by atoms with Gasteiger partial charge in [-0.05, 0) is 32.1 Å². The van der Waals surface area contributed by atoms with E-state index in [-0.39, 0.29) is 18.5 Å². The van der Waals surface area contributed by atoms with Gasteiger partial charge in [-0.1, -0.05) is 64.0 Å². The van der Waals surface area contributed by atoms with Crippen molar-refractivity contribution in [3.05, 3.63) is 12.2 Å². The number of rotatable bonds is 20. The maximum atomic E-state index is 12.0. The number of carbonyl (C=O) groups is 2. The van der Waals surface area contributed by atoms with Gasteiger partial charge in [-0.2, -0.15) is 0 Å². The number of aliphatic hydroxyl groups is 1. The molecule has 0 aliphatic heterocycles. The summed E-state index contributed by atoms with van der Waals surface area (Å²) in [5, 5.41) is 20.9. The van der Waals surface area contributed by atoms with Crippen LogP contribution in [0.25, 0.3) is 0 Å². The number of allylic oxidation sites excluding steroid dienone is 1. The topological polar surface area (TPSA) is 86.7 Å². The molecule has 0 aliphatic carbocycles. The molecule has 0 aromatic heterocycles. The highest BCUT2D eigenvalue weighted by atomic mass is 16.5. The Morgan fingerprint density at radius 3 is 2.23 bits per heavy atom. The van der Waals surface area contributed by atoms with Gasteiger partial charge in [0.1, 0.15) is 6.54 Å². The lowest BCUT2D eigenvalue weighted by Crippen LogP contribution is -2.45. The summed E-state index contributed by atoms with van der Waals surface area (Å²) in [6, 6.07) is 0. The molecule has 0 amide bonds. The molecule has 2 unspecified atom stereocenters. The van der Waals surface area contributed by atoms with E-state index in [1.165, 1.54) is 19.3 Å². The lowest BCUT2D eigenvalue weighted by molar-refractivity contribution is -0.873. The number of hydrogen-bond acceptors (Lipinski definition) is 5. The van der Waals surface area contributed by atoms with Gasteiger partial charge in [0.2, 0.25) is 0 Å². The van der Waals surface area contributed by atoms with Crippen LogP contribution in [0.2, 0.25) is 0 Å². The van der Waals surface area contributed by atoms with E-state index in [4.69, 9.17) is 4.74 Å². The van der Waals surface area contributed by atoms with Gasteiger partial charge in [0, 0.05) is 18.8 Å². The highest BCUT2D eigenvalue weighted by Crippen LogP contribution is 2.13. The Labute approximate surface area is 190 Å². The van der Waals surface area contributed by atoms with E-state index < -0.39 is 12.1 Å². The summed E-state index contributed by atoms with van der Waals surface area (Å²) in [5.74, 6) is -1.52. The average molecular weight is 442 g/mol. The molecular formula is C25H47NO5. The molecule has 0 aromatic carbocycles. The van der Waals surface area contributed by atoms with Crippen molar-refractivity contribution in [2.24, 2.45) is 0 Å². The molecule has 1 N–H and O–H groups in total. The number of nitrogens with zero attached hydrogens (tertiary/aromatic N) is 1. The number of ether oxygens (including phenoxy) is 1. The Morgan fingerprint density at radius 2 is 1.61 bits per heavy atom. The largest absolute Gasteiger partial charge is 0.550 e. The van der Waals surface area contributed by atoms with Crippen molar-refractivity contribution in [2.45, 2.75) is 109 Å². The maximum absolute atomic E-state index is 12.0. The highest BCUT2D eigenvalue weighted by Gasteiger charge is 2.22. The predicted octanol–water partition coefficient (Wildman–Crippen LogP) is 3.75. The normalized spacial score (nSPS) is 14.0. The number of carboxylic acid groups (broad SMARTS) is 1. The van der Waals surface area contributed by atoms with Gasteiger partial charge < -0.3 is 24.2 Å². The van der Waals surface area contributed by atoms with Gasteiger partial charge in [0.25, 0.3) is 0 Å². The lowest BCUT2D eigenvalue weighted by atomic mass is 10.0. The van der Waals surface area contributed by atoms with E-state index in [9.17, 15) is 19.8 Å². The number of hydrogen-bond donors (Lipinski definition) is 1. The fourth-order valence-corrected chi connectivity index (χ4v) is 3.54. The summed E-state index contributed by atoms with van der Waals surface area (Å²) in [6.45, 7) is 2.65. The SMILES string of the molecule is CCCCC/C=C/CC(O)CCCCCCCCC(=O)OC(CC(=O)[O-])C[N+](C)(C)C. The van der Waals surface area contributed by atoms with Gasteiger partial charge in [0.05, 0.1) is 27.2 Å². The molecule has 182 valence electrons. The maximum Gasteiger partial charge on any atom is 0.306 e. The minimum atomic E-state index is -1.20. The Hall–Kier alpha value is -1.40. The molecule has 0 rings (SSSR count). The summed E-state index contributed by atoms with van der Waals surface area (Å²) >= 11 is 0. The summed E-state index contributed by atoms with van der Waals surface area (Å²) in [5.41, 5.74) is 0. The van der Waals surface area contributed by atoms with E-state index in [2.05, 4.69) is 19.1 Å². The van der Waals surface area contributed by atoms with Gasteiger partial charge in [-0.3, -0.25) is 4.79 Å². The number of likely N-dealkylation sites (N-methyl/N-ethyl adjacent to an activating group) is 1. The molecule has 31 heavy (non-hydrogen) atoms. The lowest BCUT2D eigenvalue weighted by Gasteiger charge is -2.29. The summed E-state index contributed by atoms with van der Waals surface area (Å²) in [4.78, 5) is 22.9. The third-order valence-electron chi connectivity index (χ3n) is 5.16. The summed E-state index contributed by atoms with van der Waals surface area (Å²) < 4.78 is 5.88. The first-order valence-corrected chi connectivity index (χ1v) is 12.2. The van der Waals surface area contributed by atoms with Crippen LogP contribution >= 0.6 is 0 Å². The molecule has 0 spiro atoms. The number of unbranched alkanes of at least 4 members (excludes halogenated alkanes) is 8. The summed E-state index contributed by atoms with van der Waals surface area (Å²) in [7, 11) is 5.79. The van der Waals surface area contributed by atoms with Crippen molar-refractivity contribution in [1.82, 2.24) is 0 Å². The van der Waals surface area contributed by atoms with E-state index in [0.29, 0.717) is 17.4 Å². The predicted molar refractivity (Wildman–Crippen MR) is 123 cm³/mol. The highest BCUT2D eigenvalue weighted by molar-refractivity contribution is 5.70. The van der Waals surface area contributed by atoms with Gasteiger partial charge in [-0.15, -0.1) is 0 Å². The van der Waals surface area contributed by atoms with Crippen LogP contribution < -0.4 is 5.11 Å². The Balaban J connectivity index is 3.74. The van der Waals surface area contributed by atoms with Crippen LogP contribution in [0, 0.1) is 0 Å². The molecule has 0 bridgehead atoms. The zero-order valence-electron chi connectivity index (χ0n) is 20.4. The molecule has 6 heteroatoms. The molecule has 0 radical (unpaired) electrons. The minimum Gasteiger partial charge on any atom is -0.550 e. The first-order valence-electron chi connectivity index (χ1n) is 12.2. The van der Waals surface area contributed by atoms with Crippen molar-refractivity contribution in [3.63, 3.8) is 0 Å². The van der Waals surface area contributed by atoms with Crippen molar-refractivity contribution < 1.29 is 29.0 Å². The Kier molecular flexibility index (Phi) is 17.4. The molecule has 0 aromatic rings. The second kappa shape index (κ2) is 18.2. The first-order chi connectivity index (χ1) is 14.6. The van der Waals surface area contributed by atoms with E-state index >= 15 is 0 Å². The zero-order chi connectivity index (χ0) is 23.5. The number of carbonyl (C=O) groups excluding carboxylic acids is 2. The van der Waals surface area contributed by atoms with Crippen LogP contribution in [-0.2, 0) is 14.3 Å². The molecule has 0 heterocycles. The van der Waals surface area contributed by atoms with Crippen molar-refractivity contribution >= 4 is 11.9 Å². The van der Waals surface area contributed by atoms with Gasteiger partial charge in [0.15, 0.2) is 6.10 Å². The fourth-order valence-electron chi connectivity index (χ4n) is 3.54. The van der Waals surface area contributed by atoms with Gasteiger partial charge in [-0.25, -0.2) is 0 Å². The van der Waals surface area contributed by atoms with Crippen LogP contribution in [0.3, 0.4) is 0 Å². The molecule has 0 aliphatic rings. The molecule has 0 saturated heterocycles.